The van der Waals surface area contributed by atoms with Gasteiger partial charge in [0.15, 0.2) is 0 Å². The summed E-state index contributed by atoms with van der Waals surface area (Å²) in [7, 11) is 0. The number of hydrogen-bond donors (Lipinski definition) is 0. The molecule has 23 aromatic carbocycles. The molecule has 0 aliphatic heterocycles. The van der Waals surface area contributed by atoms with Crippen LogP contribution >= 0.6 is 31.9 Å². The number of benzene rings is 23. The molecule has 684 valence electrons. The molecule has 0 spiro atoms. The Morgan fingerprint density at radius 3 is 0.669 bits per heavy atom. The summed E-state index contributed by atoms with van der Waals surface area (Å²) in [6.07, 6.45) is 0.941. The van der Waals surface area contributed by atoms with Crippen LogP contribution in [0.5, 0.6) is 0 Å². The molecule has 23 aromatic rings. The van der Waals surface area contributed by atoms with Crippen molar-refractivity contribution in [2.24, 2.45) is 0 Å². The quantitative estimate of drug-likeness (QED) is 0.100. The standard InChI is InChI=1S/C86H68N2.C36H32.C16H8Br2/c1-83(2,3)59-37-45-65(46-38-59)87(67-49-41-63(42-50-67)85(61-21-9-7-10-22-61)75-29-17-13-25-69(75)70-26-14-18-30-76(70)85)79-55-35-57-34-54-74-80(56-36-58-33-53-73(79)81(57)82(58)74)88(66-47-39-60(40-48-66)84(4,5)6)68-51-43-64(44-52-68)86(62-23-11-8-12-24-62)77-31-19-15-27-71(77)72-28-16-20-32-78(72)86;1-35(2,3)28-21-17-26(18-22-28)25-27-19-23-30(24-20-27)36(29-11-5-4-6-12-29)33-15-9-7-13-31(33)32-14-8-10-16-34(32)36;17-13-8-4-10-2-6-12-14(18)7-3-9-1-5-11(13)16(10)15(9)12/h7-56H,1-6H3;4-24H,25H2,1-3H3;1-8H. The van der Waals surface area contributed by atoms with E-state index >= 15 is 0 Å². The van der Waals surface area contributed by atoms with E-state index in [0.29, 0.717) is 0 Å². The van der Waals surface area contributed by atoms with Crippen molar-refractivity contribution in [2.45, 2.75) is 101 Å². The SMILES string of the molecule is Brc1ccc2ccc3c(Br)ccc4ccc1c2c43.CC(C)(C)c1ccc(Cc2ccc(C3(c4ccccc4)c4ccccc4-c4ccccc43)cc2)cc1.CC(C)(C)c1ccc(N(c2ccc(C3(c4ccccc4)c4ccccc4-c4ccccc43)cc2)c2ccc3ccc4c(N(c5ccc(C(C)(C)C)cc5)c5ccc(C6(c7ccccc7)c7ccccc7-c7ccccc76)cc5)ccc5ccc2c3c54)cc1. The Kier molecular flexibility index (Phi) is 22.1. The minimum Gasteiger partial charge on any atom is -0.310 e. The third-order valence-electron chi connectivity index (χ3n) is 30.9. The van der Waals surface area contributed by atoms with Crippen LogP contribution in [0.1, 0.15) is 157 Å². The van der Waals surface area contributed by atoms with Crippen LogP contribution in [-0.2, 0) is 38.9 Å². The van der Waals surface area contributed by atoms with E-state index in [1.165, 1.54) is 193 Å². The molecule has 0 atom stereocenters. The fraction of sp³-hybridized carbons (Fsp3) is 0.116. The van der Waals surface area contributed by atoms with Gasteiger partial charge in [0.2, 0.25) is 0 Å². The van der Waals surface area contributed by atoms with Crippen LogP contribution in [0.3, 0.4) is 0 Å². The third kappa shape index (κ3) is 14.7. The Labute approximate surface area is 850 Å². The van der Waals surface area contributed by atoms with Gasteiger partial charge < -0.3 is 9.80 Å². The molecule has 0 saturated carbocycles. The molecule has 0 unspecified atom stereocenters. The van der Waals surface area contributed by atoms with Crippen LogP contribution in [0.2, 0.25) is 0 Å². The van der Waals surface area contributed by atoms with E-state index in [4.69, 9.17) is 0 Å². The van der Waals surface area contributed by atoms with E-state index in [1.807, 2.05) is 0 Å². The molecule has 2 nitrogen and oxygen atoms in total. The van der Waals surface area contributed by atoms with Gasteiger partial charge >= 0.3 is 0 Å². The highest BCUT2D eigenvalue weighted by molar-refractivity contribution is 9.11. The lowest BCUT2D eigenvalue weighted by Gasteiger charge is -2.35. The minimum absolute atomic E-state index is 0.00135. The summed E-state index contributed by atoms with van der Waals surface area (Å²) in [5.41, 5.74) is 35.6. The second-order valence-corrected chi connectivity index (χ2v) is 43.6. The van der Waals surface area contributed by atoms with Gasteiger partial charge in [-0.15, -0.1) is 0 Å². The number of anilines is 6. The third-order valence-corrected chi connectivity index (χ3v) is 32.2. The van der Waals surface area contributed by atoms with Crippen LogP contribution in [0.15, 0.2) is 488 Å². The molecule has 0 amide bonds. The van der Waals surface area contributed by atoms with Crippen molar-refractivity contribution in [3.05, 3.63) is 583 Å². The van der Waals surface area contributed by atoms with Crippen LogP contribution in [-0.4, -0.2) is 0 Å². The summed E-state index contributed by atoms with van der Waals surface area (Å²) in [4.78, 5) is 4.98. The van der Waals surface area contributed by atoms with Crippen molar-refractivity contribution in [3.8, 4) is 33.4 Å². The maximum atomic E-state index is 3.65. The minimum atomic E-state index is -0.500. The van der Waals surface area contributed by atoms with E-state index < -0.39 is 10.8 Å². The molecular weight excluding hydrogens is 1850 g/mol. The molecule has 3 aliphatic carbocycles. The largest absolute Gasteiger partial charge is 0.310 e. The van der Waals surface area contributed by atoms with Gasteiger partial charge in [-0.3, -0.25) is 0 Å². The normalized spacial score (nSPS) is 13.5. The highest BCUT2D eigenvalue weighted by atomic mass is 79.9. The molecule has 0 bridgehead atoms. The molecule has 26 rings (SSSR count). The summed E-state index contributed by atoms with van der Waals surface area (Å²) in [5.74, 6) is 0. The Balaban J connectivity index is 0.000000163. The zero-order valence-electron chi connectivity index (χ0n) is 81.5. The topological polar surface area (TPSA) is 6.48 Å². The molecule has 142 heavy (non-hydrogen) atoms. The highest BCUT2D eigenvalue weighted by Crippen LogP contribution is 2.61. The summed E-state index contributed by atoms with van der Waals surface area (Å²) < 4.78 is 2.31. The predicted octanol–water partition coefficient (Wildman–Crippen LogP) is 37.9. The molecule has 3 aliphatic rings. The lowest BCUT2D eigenvalue weighted by atomic mass is 9.67. The summed E-state index contributed by atoms with van der Waals surface area (Å²) in [6.45, 7) is 20.6. The summed E-state index contributed by atoms with van der Waals surface area (Å²) in [6, 6.07) is 179. The zero-order valence-corrected chi connectivity index (χ0v) is 84.6. The predicted molar refractivity (Wildman–Crippen MR) is 609 cm³/mol. The van der Waals surface area contributed by atoms with Gasteiger partial charge in [-0.2, -0.15) is 0 Å². The molecule has 4 heteroatoms. The Bertz CT molecular complexity index is 8180. The van der Waals surface area contributed by atoms with Crippen molar-refractivity contribution >= 4 is 131 Å². The zero-order chi connectivity index (χ0) is 96.5. The first kappa shape index (κ1) is 89.3. The van der Waals surface area contributed by atoms with Crippen molar-refractivity contribution in [1.82, 2.24) is 0 Å². The van der Waals surface area contributed by atoms with Gasteiger partial charge in [-0.25, -0.2) is 0 Å². The molecule has 0 fully saturated rings. The second-order valence-electron chi connectivity index (χ2n) is 41.9. The molecular formula is C138H108Br2N2. The van der Waals surface area contributed by atoms with E-state index in [9.17, 15) is 0 Å². The highest BCUT2D eigenvalue weighted by Gasteiger charge is 2.49. The summed E-state index contributed by atoms with van der Waals surface area (Å²) in [5, 5.41) is 15.2. The first-order valence-electron chi connectivity index (χ1n) is 49.8. The average molecular weight is 1950 g/mol. The van der Waals surface area contributed by atoms with Gasteiger partial charge in [0.25, 0.3) is 0 Å². The Morgan fingerprint density at radius 1 is 0.190 bits per heavy atom. The maximum Gasteiger partial charge on any atom is 0.0713 e. The van der Waals surface area contributed by atoms with Crippen molar-refractivity contribution in [2.75, 3.05) is 9.80 Å². The first-order chi connectivity index (χ1) is 69.1. The van der Waals surface area contributed by atoms with Gasteiger partial charge in [-0.1, -0.05) is 501 Å². The lowest BCUT2D eigenvalue weighted by molar-refractivity contribution is 0.590. The van der Waals surface area contributed by atoms with Gasteiger partial charge in [0.05, 0.1) is 27.6 Å². The first-order valence-corrected chi connectivity index (χ1v) is 51.4. The van der Waals surface area contributed by atoms with Crippen LogP contribution in [0.25, 0.3) is 98.0 Å². The molecule has 0 radical (unpaired) electrons. The monoisotopic (exact) mass is 1950 g/mol. The number of hydrogen-bond acceptors (Lipinski definition) is 2. The number of rotatable bonds is 14. The van der Waals surface area contributed by atoms with Crippen molar-refractivity contribution in [1.29, 1.82) is 0 Å². The second kappa shape index (κ2) is 35.2. The van der Waals surface area contributed by atoms with Crippen molar-refractivity contribution < 1.29 is 0 Å². The number of nitrogens with zero attached hydrogens (tertiary/aromatic N) is 2. The average Bonchev–Trinajstić information content (AvgIpc) is 1.52. The van der Waals surface area contributed by atoms with Crippen LogP contribution in [0.4, 0.5) is 34.1 Å². The smallest absolute Gasteiger partial charge is 0.0713 e. The molecule has 0 saturated heterocycles. The fourth-order valence-electron chi connectivity index (χ4n) is 24.1. The number of fused-ring (bicyclic) bond motifs is 9. The van der Waals surface area contributed by atoms with Gasteiger partial charge in [-0.05, 0) is 277 Å². The maximum absolute atomic E-state index is 3.65. The van der Waals surface area contributed by atoms with E-state index in [0.717, 1.165) is 49.5 Å². The number of halogens is 2. The van der Waals surface area contributed by atoms with Gasteiger partial charge in [0, 0.05) is 42.5 Å². The fourth-order valence-corrected chi connectivity index (χ4v) is 25.0. The summed E-state index contributed by atoms with van der Waals surface area (Å²) >= 11 is 7.30. The Morgan fingerprint density at radius 2 is 0.394 bits per heavy atom. The molecule has 0 aromatic heterocycles. The van der Waals surface area contributed by atoms with E-state index in [1.54, 1.807) is 0 Å². The van der Waals surface area contributed by atoms with E-state index in [-0.39, 0.29) is 21.7 Å². The lowest BCUT2D eigenvalue weighted by Crippen LogP contribution is -2.28. The van der Waals surface area contributed by atoms with Crippen molar-refractivity contribution in [3.63, 3.8) is 0 Å². The van der Waals surface area contributed by atoms with E-state index in [2.05, 4.69) is 583 Å². The van der Waals surface area contributed by atoms with Gasteiger partial charge in [0.1, 0.15) is 0 Å². The van der Waals surface area contributed by atoms with Crippen LogP contribution < -0.4 is 9.80 Å². The van der Waals surface area contributed by atoms with Crippen LogP contribution in [0, 0.1) is 0 Å². The molecule has 0 N–H and O–H groups in total. The Hall–Kier alpha value is -15.3. The molecule has 0 heterocycles.